The number of aliphatic carboxylic acids is 1. The van der Waals surface area contributed by atoms with Crippen LogP contribution in [0, 0.1) is 17.8 Å². The molecule has 1 amide bonds. The van der Waals surface area contributed by atoms with Crippen LogP contribution in [0.5, 0.6) is 5.75 Å². The number of phenols is 1. The van der Waals surface area contributed by atoms with E-state index in [4.69, 9.17) is 5.73 Å². The highest BCUT2D eigenvalue weighted by molar-refractivity contribution is 5.85. The van der Waals surface area contributed by atoms with Gasteiger partial charge in [-0.15, -0.1) is 0 Å². The number of rotatable bonds is 12. The van der Waals surface area contributed by atoms with E-state index in [-0.39, 0.29) is 17.7 Å². The lowest BCUT2D eigenvalue weighted by atomic mass is 9.78. The van der Waals surface area contributed by atoms with Crippen LogP contribution in [0.2, 0.25) is 0 Å². The Labute approximate surface area is 214 Å². The Morgan fingerprint density at radius 1 is 1.11 bits per heavy atom. The summed E-state index contributed by atoms with van der Waals surface area (Å²) in [4.78, 5) is 27.8. The van der Waals surface area contributed by atoms with Gasteiger partial charge in [0.25, 0.3) is 0 Å². The number of nitrogens with two attached hydrogens (primary N) is 1. The Morgan fingerprint density at radius 3 is 2.53 bits per heavy atom. The molecule has 1 saturated heterocycles. The number of hydrogen-bond donors (Lipinski definition) is 4. The number of piperidine rings is 1. The van der Waals surface area contributed by atoms with E-state index in [0.29, 0.717) is 44.2 Å². The first-order valence-electron chi connectivity index (χ1n) is 13.1. The smallest absolute Gasteiger partial charge is 0.326 e. The van der Waals surface area contributed by atoms with Gasteiger partial charge >= 0.3 is 5.97 Å². The second-order valence-corrected chi connectivity index (χ2v) is 10.2. The third kappa shape index (κ3) is 7.55. The quantitative estimate of drug-likeness (QED) is 0.331. The maximum Gasteiger partial charge on any atom is 0.326 e. The summed E-state index contributed by atoms with van der Waals surface area (Å²) < 4.78 is 0. The molecule has 7 nitrogen and oxygen atoms in total. The topological polar surface area (TPSA) is 116 Å². The minimum absolute atomic E-state index is 0.0618. The van der Waals surface area contributed by atoms with E-state index in [9.17, 15) is 19.8 Å². The van der Waals surface area contributed by atoms with Crippen molar-refractivity contribution in [3.63, 3.8) is 0 Å². The number of nitrogens with one attached hydrogen (secondary N) is 1. The van der Waals surface area contributed by atoms with Crippen LogP contribution in [-0.4, -0.2) is 52.7 Å². The number of aromatic hydroxyl groups is 1. The van der Waals surface area contributed by atoms with E-state index in [1.54, 1.807) is 6.07 Å². The molecule has 0 aromatic heterocycles. The molecule has 0 aliphatic carbocycles. The van der Waals surface area contributed by atoms with Gasteiger partial charge in [-0.25, -0.2) is 4.79 Å². The Bertz CT molecular complexity index is 983. The van der Waals surface area contributed by atoms with Crippen LogP contribution in [0.3, 0.4) is 0 Å². The number of carboxylic acids is 1. The summed E-state index contributed by atoms with van der Waals surface area (Å²) in [6.45, 7) is 6.33. The fraction of sp³-hybridized carbons (Fsp3) is 0.517. The monoisotopic (exact) mass is 495 g/mol. The van der Waals surface area contributed by atoms with Crippen molar-refractivity contribution in [3.8, 4) is 5.75 Å². The Balaban J connectivity index is 1.85. The number of amides is 1. The summed E-state index contributed by atoms with van der Waals surface area (Å²) in [5.41, 5.74) is 7.65. The fourth-order valence-electron chi connectivity index (χ4n) is 5.30. The van der Waals surface area contributed by atoms with Crippen LogP contribution in [0.1, 0.15) is 56.7 Å². The van der Waals surface area contributed by atoms with Crippen molar-refractivity contribution in [1.82, 2.24) is 10.2 Å². The van der Waals surface area contributed by atoms with Gasteiger partial charge in [-0.05, 0) is 80.3 Å². The average molecular weight is 496 g/mol. The molecular formula is C29H41N3O4. The summed E-state index contributed by atoms with van der Waals surface area (Å²) in [5.74, 6) is -0.586. The highest BCUT2D eigenvalue weighted by Gasteiger charge is 2.37. The number of nitrogens with zero attached hydrogens (tertiary/aromatic N) is 1. The molecule has 0 bridgehead atoms. The molecule has 1 fully saturated rings. The third-order valence-electron chi connectivity index (χ3n) is 7.58. The van der Waals surface area contributed by atoms with Crippen molar-refractivity contribution in [2.45, 2.75) is 58.0 Å². The molecule has 5 N–H and O–H groups in total. The molecule has 1 unspecified atom stereocenters. The van der Waals surface area contributed by atoms with Gasteiger partial charge in [-0.3, -0.25) is 9.69 Å². The Hall–Kier alpha value is -2.90. The van der Waals surface area contributed by atoms with Crippen LogP contribution in [-0.2, 0) is 16.0 Å². The van der Waals surface area contributed by atoms with Crippen molar-refractivity contribution in [2.24, 2.45) is 23.5 Å². The largest absolute Gasteiger partial charge is 0.508 e. The number of carboxylic acid groups (broad SMARTS) is 1. The zero-order valence-electron chi connectivity index (χ0n) is 21.5. The maximum absolute atomic E-state index is 13.5. The van der Waals surface area contributed by atoms with E-state index in [1.165, 1.54) is 0 Å². The molecule has 0 radical (unpaired) electrons. The van der Waals surface area contributed by atoms with E-state index in [2.05, 4.69) is 24.1 Å². The average Bonchev–Trinajstić information content (AvgIpc) is 2.86. The predicted octanol–water partition coefficient (Wildman–Crippen LogP) is 3.97. The number of phenolic OH excluding ortho intramolecular Hbond substituents is 1. The third-order valence-corrected chi connectivity index (χ3v) is 7.58. The number of carbonyl (C=O) groups is 2. The fourth-order valence-corrected chi connectivity index (χ4v) is 5.30. The van der Waals surface area contributed by atoms with Crippen LogP contribution in [0.15, 0.2) is 54.6 Å². The molecule has 0 saturated carbocycles. The minimum atomic E-state index is -1.02. The lowest BCUT2D eigenvalue weighted by molar-refractivity contribution is -0.143. The van der Waals surface area contributed by atoms with E-state index < -0.39 is 17.9 Å². The van der Waals surface area contributed by atoms with Gasteiger partial charge < -0.3 is 21.3 Å². The summed E-state index contributed by atoms with van der Waals surface area (Å²) in [5, 5.41) is 22.7. The molecule has 2 aromatic rings. The van der Waals surface area contributed by atoms with Gasteiger partial charge in [0, 0.05) is 12.6 Å². The normalized spacial score (nSPS) is 22.0. The van der Waals surface area contributed by atoms with Crippen LogP contribution in [0.4, 0.5) is 0 Å². The zero-order valence-corrected chi connectivity index (χ0v) is 21.5. The SMILES string of the molecule is C[C@@H]1CCN(C[C@H](Cc2ccccc2)C(=O)N[C@@H](CCCCN)C(=O)O)C(c2cccc(O)c2)[C@@H]1C. The molecule has 5 atom stereocenters. The molecule has 2 aromatic carbocycles. The number of unbranched alkanes of at least 4 members (excludes halogenated alkanes) is 1. The predicted molar refractivity (Wildman–Crippen MR) is 141 cm³/mol. The van der Waals surface area contributed by atoms with E-state index >= 15 is 0 Å². The molecule has 196 valence electrons. The van der Waals surface area contributed by atoms with Crippen molar-refractivity contribution in [3.05, 3.63) is 65.7 Å². The van der Waals surface area contributed by atoms with Crippen LogP contribution < -0.4 is 11.1 Å². The van der Waals surface area contributed by atoms with Gasteiger partial charge in [0.15, 0.2) is 0 Å². The molecule has 1 aliphatic rings. The van der Waals surface area contributed by atoms with Gasteiger partial charge in [0.1, 0.15) is 11.8 Å². The Kier molecular flexibility index (Phi) is 10.3. The van der Waals surface area contributed by atoms with E-state index in [1.807, 2.05) is 48.5 Å². The molecule has 36 heavy (non-hydrogen) atoms. The number of likely N-dealkylation sites (tertiary alicyclic amines) is 1. The van der Waals surface area contributed by atoms with Crippen LogP contribution in [0.25, 0.3) is 0 Å². The number of hydrogen-bond acceptors (Lipinski definition) is 5. The van der Waals surface area contributed by atoms with Crippen LogP contribution >= 0.6 is 0 Å². The molecule has 1 heterocycles. The first-order chi connectivity index (χ1) is 17.3. The van der Waals surface area contributed by atoms with Crippen molar-refractivity contribution >= 4 is 11.9 Å². The second kappa shape index (κ2) is 13.4. The minimum Gasteiger partial charge on any atom is -0.508 e. The highest BCUT2D eigenvalue weighted by atomic mass is 16.4. The molecule has 0 spiro atoms. The standard InChI is InChI=1S/C29H41N3O4/c1-20-14-16-32(27(21(20)2)23-11-8-12-25(33)18-23)19-24(17-22-9-4-3-5-10-22)28(34)31-26(29(35)36)13-6-7-15-30/h3-5,8-12,18,20-21,24,26-27,33H,6-7,13-17,19,30H2,1-2H3,(H,31,34)(H,35,36)/t20-,21-,24+,26+,27?/m1/s1. The highest BCUT2D eigenvalue weighted by Crippen LogP contribution is 2.40. The van der Waals surface area contributed by atoms with E-state index in [0.717, 1.165) is 30.5 Å². The summed E-state index contributed by atoms with van der Waals surface area (Å²) in [7, 11) is 0. The van der Waals surface area contributed by atoms with Gasteiger partial charge in [-0.2, -0.15) is 0 Å². The number of carbonyl (C=O) groups excluding carboxylic acids is 1. The Morgan fingerprint density at radius 2 is 1.86 bits per heavy atom. The van der Waals surface area contributed by atoms with Gasteiger partial charge in [-0.1, -0.05) is 56.3 Å². The van der Waals surface area contributed by atoms with Crippen molar-refractivity contribution < 1.29 is 19.8 Å². The zero-order chi connectivity index (χ0) is 26.1. The van der Waals surface area contributed by atoms with Gasteiger partial charge in [0.05, 0.1) is 5.92 Å². The second-order valence-electron chi connectivity index (χ2n) is 10.2. The first-order valence-corrected chi connectivity index (χ1v) is 13.1. The van der Waals surface area contributed by atoms with Crippen molar-refractivity contribution in [1.29, 1.82) is 0 Å². The summed E-state index contributed by atoms with van der Waals surface area (Å²) in [6.07, 6.45) is 3.28. The van der Waals surface area contributed by atoms with Crippen molar-refractivity contribution in [2.75, 3.05) is 19.6 Å². The lowest BCUT2D eigenvalue weighted by Crippen LogP contribution is -2.49. The number of benzene rings is 2. The van der Waals surface area contributed by atoms with Gasteiger partial charge in [0.2, 0.25) is 5.91 Å². The molecule has 1 aliphatic heterocycles. The summed E-state index contributed by atoms with van der Waals surface area (Å²) in [6, 6.07) is 16.4. The first kappa shape index (κ1) is 27.7. The molecule has 3 rings (SSSR count). The maximum atomic E-state index is 13.5. The summed E-state index contributed by atoms with van der Waals surface area (Å²) >= 11 is 0. The molecule has 7 heteroatoms. The molecular weight excluding hydrogens is 454 g/mol. The lowest BCUT2D eigenvalue weighted by Gasteiger charge is -2.45.